The Hall–Kier alpha value is -1.95. The number of likely N-dealkylation sites (tertiary alicyclic amines) is 1. The van der Waals surface area contributed by atoms with Gasteiger partial charge >= 0.3 is 0 Å². The smallest absolute Gasteiger partial charge is 0.228 e. The molecule has 1 aromatic rings. The van der Waals surface area contributed by atoms with Crippen molar-refractivity contribution < 1.29 is 9.59 Å². The number of hydrogen-bond acceptors (Lipinski definition) is 4. The zero-order valence-electron chi connectivity index (χ0n) is 13.6. The summed E-state index contributed by atoms with van der Waals surface area (Å²) in [4.78, 5) is 34.6. The first kappa shape index (κ1) is 15.9. The van der Waals surface area contributed by atoms with Crippen molar-refractivity contribution in [3.63, 3.8) is 0 Å². The summed E-state index contributed by atoms with van der Waals surface area (Å²) in [7, 11) is 0. The Kier molecular flexibility index (Phi) is 4.91. The normalized spacial score (nSPS) is 22.7. The van der Waals surface area contributed by atoms with Gasteiger partial charge in [-0.25, -0.2) is 0 Å². The second kappa shape index (κ2) is 7.08. The van der Waals surface area contributed by atoms with E-state index in [1.807, 2.05) is 24.1 Å². The largest absolute Gasteiger partial charge is 0.342 e. The number of rotatable bonds is 4. The summed E-state index contributed by atoms with van der Waals surface area (Å²) >= 11 is 0. The zero-order valence-corrected chi connectivity index (χ0v) is 13.6. The summed E-state index contributed by atoms with van der Waals surface area (Å²) in [6.07, 6.45) is 4.05. The molecule has 3 rings (SSSR count). The number of amides is 2. The average Bonchev–Trinajstić information content (AvgIpc) is 2.97. The number of nitrogens with zero attached hydrogens (tertiary/aromatic N) is 4. The maximum atomic E-state index is 12.6. The summed E-state index contributed by atoms with van der Waals surface area (Å²) in [5, 5.41) is 0. The van der Waals surface area contributed by atoms with E-state index in [-0.39, 0.29) is 17.7 Å². The van der Waals surface area contributed by atoms with Gasteiger partial charge in [0, 0.05) is 64.6 Å². The lowest BCUT2D eigenvalue weighted by Gasteiger charge is -2.35. The third-order valence-corrected chi connectivity index (χ3v) is 4.76. The summed E-state index contributed by atoms with van der Waals surface area (Å²) in [5.41, 5.74) is 1.20. The van der Waals surface area contributed by atoms with Crippen molar-refractivity contribution in [1.29, 1.82) is 0 Å². The van der Waals surface area contributed by atoms with E-state index in [0.717, 1.165) is 32.7 Å². The molecule has 0 radical (unpaired) electrons. The van der Waals surface area contributed by atoms with Crippen molar-refractivity contribution in [3.05, 3.63) is 30.1 Å². The van der Waals surface area contributed by atoms with E-state index in [1.165, 1.54) is 5.56 Å². The zero-order chi connectivity index (χ0) is 16.2. The Morgan fingerprint density at radius 2 is 2.09 bits per heavy atom. The van der Waals surface area contributed by atoms with Gasteiger partial charge in [0.15, 0.2) is 0 Å². The summed E-state index contributed by atoms with van der Waals surface area (Å²) in [6, 6.07) is 4.03. The van der Waals surface area contributed by atoms with Crippen LogP contribution in [0.2, 0.25) is 0 Å². The van der Waals surface area contributed by atoms with Gasteiger partial charge in [-0.05, 0) is 18.6 Å². The van der Waals surface area contributed by atoms with Gasteiger partial charge in [0.25, 0.3) is 0 Å². The van der Waals surface area contributed by atoms with Crippen LogP contribution in [0.1, 0.15) is 18.9 Å². The Bertz CT molecular complexity index is 555. The second-order valence-electron chi connectivity index (χ2n) is 6.30. The van der Waals surface area contributed by atoms with Crippen LogP contribution in [0.3, 0.4) is 0 Å². The topological polar surface area (TPSA) is 56.8 Å². The minimum Gasteiger partial charge on any atom is -0.342 e. The van der Waals surface area contributed by atoms with Gasteiger partial charge in [-0.15, -0.1) is 0 Å². The number of piperazine rings is 1. The van der Waals surface area contributed by atoms with Crippen LogP contribution < -0.4 is 0 Å². The van der Waals surface area contributed by atoms with Gasteiger partial charge in [-0.2, -0.15) is 0 Å². The molecule has 0 saturated carbocycles. The van der Waals surface area contributed by atoms with E-state index in [4.69, 9.17) is 0 Å². The molecule has 0 unspecified atom stereocenters. The summed E-state index contributed by atoms with van der Waals surface area (Å²) < 4.78 is 0. The van der Waals surface area contributed by atoms with E-state index < -0.39 is 0 Å². The predicted octanol–water partition coefficient (Wildman–Crippen LogP) is 0.594. The van der Waals surface area contributed by atoms with Crippen LogP contribution in [0.15, 0.2) is 24.5 Å². The van der Waals surface area contributed by atoms with Crippen LogP contribution in [-0.2, 0) is 16.1 Å². The van der Waals surface area contributed by atoms with Gasteiger partial charge in [0.05, 0.1) is 5.92 Å². The molecular weight excluding hydrogens is 292 g/mol. The van der Waals surface area contributed by atoms with E-state index in [2.05, 4.69) is 16.0 Å². The fourth-order valence-electron chi connectivity index (χ4n) is 3.38. The van der Waals surface area contributed by atoms with Gasteiger partial charge in [-0.3, -0.25) is 19.5 Å². The fourth-order valence-corrected chi connectivity index (χ4v) is 3.38. The average molecular weight is 316 g/mol. The van der Waals surface area contributed by atoms with Gasteiger partial charge in [-0.1, -0.05) is 6.07 Å². The molecule has 3 heterocycles. The van der Waals surface area contributed by atoms with Gasteiger partial charge in [0.2, 0.25) is 11.8 Å². The van der Waals surface area contributed by atoms with Crippen LogP contribution >= 0.6 is 0 Å². The number of aromatic nitrogens is 1. The van der Waals surface area contributed by atoms with Crippen LogP contribution in [0.25, 0.3) is 0 Å². The summed E-state index contributed by atoms with van der Waals surface area (Å²) in [6.45, 7) is 7.36. The first-order chi connectivity index (χ1) is 11.2. The van der Waals surface area contributed by atoms with Crippen molar-refractivity contribution in [1.82, 2.24) is 19.7 Å². The van der Waals surface area contributed by atoms with Crippen LogP contribution in [-0.4, -0.2) is 70.8 Å². The lowest BCUT2D eigenvalue weighted by molar-refractivity contribution is -0.137. The van der Waals surface area contributed by atoms with E-state index in [1.54, 1.807) is 11.1 Å². The molecule has 1 atom stereocenters. The lowest BCUT2D eigenvalue weighted by Crippen LogP contribution is -2.50. The quantitative estimate of drug-likeness (QED) is 0.816. The molecule has 2 fully saturated rings. The molecule has 0 aromatic carbocycles. The highest BCUT2D eigenvalue weighted by atomic mass is 16.2. The highest BCUT2D eigenvalue weighted by molar-refractivity contribution is 5.89. The molecule has 2 aliphatic heterocycles. The van der Waals surface area contributed by atoms with Crippen LogP contribution in [0.5, 0.6) is 0 Å². The van der Waals surface area contributed by atoms with Crippen molar-refractivity contribution in [3.8, 4) is 0 Å². The van der Waals surface area contributed by atoms with E-state index in [0.29, 0.717) is 19.5 Å². The molecule has 0 bridgehead atoms. The van der Waals surface area contributed by atoms with Crippen molar-refractivity contribution in [2.75, 3.05) is 39.3 Å². The first-order valence-electron chi connectivity index (χ1n) is 8.35. The number of pyridine rings is 1. The first-order valence-corrected chi connectivity index (χ1v) is 8.35. The molecular formula is C17H24N4O2. The highest BCUT2D eigenvalue weighted by Crippen LogP contribution is 2.20. The molecule has 23 heavy (non-hydrogen) atoms. The summed E-state index contributed by atoms with van der Waals surface area (Å²) in [5.74, 6) is 0.115. The molecule has 2 amide bonds. The predicted molar refractivity (Wildman–Crippen MR) is 86.5 cm³/mol. The molecule has 0 N–H and O–H groups in total. The Labute approximate surface area is 137 Å². The Morgan fingerprint density at radius 3 is 2.70 bits per heavy atom. The number of carbonyl (C=O) groups is 2. The van der Waals surface area contributed by atoms with Crippen LogP contribution in [0, 0.1) is 5.92 Å². The SMILES string of the molecule is CCN1C[C@@H](C(=O)N2CCN(Cc3cccnc3)CC2)CC1=O. The lowest BCUT2D eigenvalue weighted by atomic mass is 10.1. The molecule has 6 heteroatoms. The van der Waals surface area contributed by atoms with E-state index >= 15 is 0 Å². The molecule has 124 valence electrons. The third kappa shape index (κ3) is 3.69. The van der Waals surface area contributed by atoms with E-state index in [9.17, 15) is 9.59 Å². The monoisotopic (exact) mass is 316 g/mol. The Balaban J connectivity index is 1.49. The van der Waals surface area contributed by atoms with Crippen molar-refractivity contribution in [2.45, 2.75) is 19.9 Å². The maximum absolute atomic E-state index is 12.6. The fraction of sp³-hybridized carbons (Fsp3) is 0.588. The molecule has 2 saturated heterocycles. The number of carbonyl (C=O) groups excluding carboxylic acids is 2. The third-order valence-electron chi connectivity index (χ3n) is 4.76. The Morgan fingerprint density at radius 1 is 1.30 bits per heavy atom. The van der Waals surface area contributed by atoms with Gasteiger partial charge < -0.3 is 9.80 Å². The molecule has 1 aromatic heterocycles. The molecule has 2 aliphatic rings. The van der Waals surface area contributed by atoms with Gasteiger partial charge in [0.1, 0.15) is 0 Å². The molecule has 0 aliphatic carbocycles. The standard InChI is InChI=1S/C17H24N4O2/c1-2-20-13-15(10-16(20)22)17(23)21-8-6-19(7-9-21)12-14-4-3-5-18-11-14/h3-5,11,15H,2,6-10,12-13H2,1H3/t15-/m0/s1. The maximum Gasteiger partial charge on any atom is 0.228 e. The van der Waals surface area contributed by atoms with Crippen LogP contribution in [0.4, 0.5) is 0 Å². The number of hydrogen-bond donors (Lipinski definition) is 0. The molecule has 6 nitrogen and oxygen atoms in total. The van der Waals surface area contributed by atoms with Crippen molar-refractivity contribution in [2.24, 2.45) is 5.92 Å². The minimum absolute atomic E-state index is 0.112. The second-order valence-corrected chi connectivity index (χ2v) is 6.30. The van der Waals surface area contributed by atoms with Crippen molar-refractivity contribution >= 4 is 11.8 Å². The minimum atomic E-state index is -0.146. The highest BCUT2D eigenvalue weighted by Gasteiger charge is 2.36. The molecule has 0 spiro atoms.